The minimum atomic E-state index is -0.853. The van der Waals surface area contributed by atoms with Gasteiger partial charge in [0.1, 0.15) is 23.3 Å². The molecule has 1 saturated carbocycles. The van der Waals surface area contributed by atoms with Crippen LogP contribution in [0.25, 0.3) is 0 Å². The molecule has 1 spiro atoms. The van der Waals surface area contributed by atoms with E-state index in [2.05, 4.69) is 12.2 Å². The van der Waals surface area contributed by atoms with Crippen molar-refractivity contribution in [3.63, 3.8) is 0 Å². The fraction of sp³-hybridized carbons (Fsp3) is 0.550. The smallest absolute Gasteiger partial charge is 0.324 e. The first kappa shape index (κ1) is 19.2. The van der Waals surface area contributed by atoms with E-state index in [4.69, 9.17) is 0 Å². The summed E-state index contributed by atoms with van der Waals surface area (Å²) in [7, 11) is 0. The van der Waals surface area contributed by atoms with Crippen LogP contribution in [-0.2, 0) is 9.59 Å². The lowest BCUT2D eigenvalue weighted by Crippen LogP contribution is -2.50. The van der Waals surface area contributed by atoms with Crippen LogP contribution >= 0.6 is 11.8 Å². The van der Waals surface area contributed by atoms with Crippen LogP contribution in [0.15, 0.2) is 24.3 Å². The van der Waals surface area contributed by atoms with Gasteiger partial charge < -0.3 is 10.2 Å². The maximum absolute atomic E-state index is 14.2. The van der Waals surface area contributed by atoms with Crippen molar-refractivity contribution in [1.82, 2.24) is 15.1 Å². The molecule has 1 N–H and O–H groups in total. The van der Waals surface area contributed by atoms with Gasteiger partial charge >= 0.3 is 6.03 Å². The molecule has 28 heavy (non-hydrogen) atoms. The summed E-state index contributed by atoms with van der Waals surface area (Å²) in [5.41, 5.74) is -0.400. The highest BCUT2D eigenvalue weighted by Gasteiger charge is 2.52. The van der Waals surface area contributed by atoms with E-state index in [0.29, 0.717) is 36.6 Å². The largest absolute Gasteiger partial charge is 0.325 e. The predicted molar refractivity (Wildman–Crippen MR) is 104 cm³/mol. The number of nitrogens with zero attached hydrogens (tertiary/aromatic N) is 2. The average molecular weight is 405 g/mol. The number of thioether (sulfide) groups is 1. The highest BCUT2D eigenvalue weighted by atomic mass is 32.2. The number of hydrogen-bond acceptors (Lipinski definition) is 4. The van der Waals surface area contributed by atoms with E-state index in [9.17, 15) is 18.8 Å². The molecule has 2 heterocycles. The Morgan fingerprint density at radius 2 is 2.00 bits per heavy atom. The third-order valence-electron chi connectivity index (χ3n) is 6.05. The van der Waals surface area contributed by atoms with Crippen molar-refractivity contribution in [2.75, 3.05) is 18.8 Å². The lowest BCUT2D eigenvalue weighted by molar-refractivity contribution is -0.139. The molecule has 1 unspecified atom stereocenters. The van der Waals surface area contributed by atoms with E-state index in [-0.39, 0.29) is 24.2 Å². The maximum atomic E-state index is 14.2. The summed E-state index contributed by atoms with van der Waals surface area (Å²) >= 11 is 1.49. The summed E-state index contributed by atoms with van der Waals surface area (Å²) in [5.74, 6) is 0.237. The first-order valence-electron chi connectivity index (χ1n) is 9.71. The first-order chi connectivity index (χ1) is 13.4. The highest BCUT2D eigenvalue weighted by molar-refractivity contribution is 7.99. The Kier molecular flexibility index (Phi) is 5.07. The molecule has 2 aliphatic heterocycles. The summed E-state index contributed by atoms with van der Waals surface area (Å²) in [4.78, 5) is 41.0. The zero-order valence-electron chi connectivity index (χ0n) is 15.8. The van der Waals surface area contributed by atoms with Gasteiger partial charge in [-0.05, 0) is 37.7 Å². The van der Waals surface area contributed by atoms with Gasteiger partial charge in [-0.1, -0.05) is 25.1 Å². The van der Waals surface area contributed by atoms with Crippen LogP contribution in [0.5, 0.6) is 0 Å². The zero-order valence-corrected chi connectivity index (χ0v) is 16.6. The minimum absolute atomic E-state index is 0.298. The van der Waals surface area contributed by atoms with E-state index in [0.717, 1.165) is 17.7 Å². The molecule has 0 radical (unpaired) electrons. The summed E-state index contributed by atoms with van der Waals surface area (Å²) in [6, 6.07) is 5.90. The monoisotopic (exact) mass is 405 g/mol. The maximum Gasteiger partial charge on any atom is 0.325 e. The molecular weight excluding hydrogens is 381 g/mol. The Labute approximate surface area is 167 Å². The quantitative estimate of drug-likeness (QED) is 0.785. The molecule has 4 amide bonds. The number of hydrogen-bond donors (Lipinski definition) is 1. The number of nitrogens with one attached hydrogen (secondary N) is 1. The van der Waals surface area contributed by atoms with Crippen LogP contribution in [0.1, 0.15) is 43.5 Å². The van der Waals surface area contributed by atoms with Gasteiger partial charge in [0, 0.05) is 17.9 Å². The van der Waals surface area contributed by atoms with Crippen molar-refractivity contribution in [2.45, 2.75) is 43.5 Å². The Hall–Kier alpha value is -2.09. The molecule has 2 saturated heterocycles. The van der Waals surface area contributed by atoms with Gasteiger partial charge in [0.2, 0.25) is 5.91 Å². The number of urea groups is 1. The number of imide groups is 1. The topological polar surface area (TPSA) is 69.7 Å². The normalized spacial score (nSPS) is 30.2. The number of carbonyl (C=O) groups excluding carboxylic acids is 3. The molecule has 4 rings (SSSR count). The Morgan fingerprint density at radius 3 is 2.71 bits per heavy atom. The van der Waals surface area contributed by atoms with E-state index >= 15 is 0 Å². The molecule has 1 aliphatic carbocycles. The van der Waals surface area contributed by atoms with E-state index in [1.807, 2.05) is 0 Å². The van der Waals surface area contributed by atoms with Crippen molar-refractivity contribution < 1.29 is 18.8 Å². The first-order valence-corrected chi connectivity index (χ1v) is 10.8. The molecule has 3 aliphatic rings. The standard InChI is InChI=1S/C20H24FN3O3S/c1-13-6-8-20(9-7-13)18(26)24(19(27)22-20)12-16(25)23-10-11-28-17(23)14-4-2-3-5-15(14)21/h2-5,13,17H,6-12H2,1H3,(H,22,27). The van der Waals surface area contributed by atoms with Crippen molar-refractivity contribution >= 4 is 29.6 Å². The van der Waals surface area contributed by atoms with Gasteiger partial charge in [0.25, 0.3) is 5.91 Å². The second-order valence-corrected chi connectivity index (χ2v) is 9.11. The molecule has 150 valence electrons. The van der Waals surface area contributed by atoms with E-state index in [1.165, 1.54) is 17.8 Å². The van der Waals surface area contributed by atoms with Crippen LogP contribution < -0.4 is 5.32 Å². The second-order valence-electron chi connectivity index (χ2n) is 7.92. The molecule has 0 aromatic heterocycles. The van der Waals surface area contributed by atoms with Crippen molar-refractivity contribution in [3.8, 4) is 0 Å². The van der Waals surface area contributed by atoms with Gasteiger partial charge in [-0.3, -0.25) is 14.5 Å². The third-order valence-corrected chi connectivity index (χ3v) is 7.29. The lowest BCUT2D eigenvalue weighted by atomic mass is 9.77. The van der Waals surface area contributed by atoms with Gasteiger partial charge in [-0.25, -0.2) is 9.18 Å². The Balaban J connectivity index is 1.48. The highest BCUT2D eigenvalue weighted by Crippen LogP contribution is 2.40. The Bertz CT molecular complexity index is 810. The number of amides is 4. The molecule has 1 aromatic rings. The zero-order chi connectivity index (χ0) is 19.9. The molecule has 1 aromatic carbocycles. The lowest BCUT2D eigenvalue weighted by Gasteiger charge is -2.33. The predicted octanol–water partition coefficient (Wildman–Crippen LogP) is 2.90. The number of halogens is 1. The van der Waals surface area contributed by atoms with Gasteiger partial charge in [0.15, 0.2) is 0 Å². The number of carbonyl (C=O) groups is 3. The molecule has 3 fully saturated rings. The van der Waals surface area contributed by atoms with Crippen LogP contribution in [0.4, 0.5) is 9.18 Å². The number of benzene rings is 1. The van der Waals surface area contributed by atoms with E-state index in [1.54, 1.807) is 23.1 Å². The van der Waals surface area contributed by atoms with Crippen LogP contribution in [0.3, 0.4) is 0 Å². The van der Waals surface area contributed by atoms with Gasteiger partial charge in [-0.2, -0.15) is 0 Å². The van der Waals surface area contributed by atoms with Crippen molar-refractivity contribution in [1.29, 1.82) is 0 Å². The SMILES string of the molecule is CC1CCC2(CC1)NC(=O)N(CC(=O)N1CCSC1c1ccccc1F)C2=O. The molecule has 1 atom stereocenters. The van der Waals surface area contributed by atoms with Crippen LogP contribution in [0, 0.1) is 11.7 Å². The molecular formula is C20H24FN3O3S. The summed E-state index contributed by atoms with van der Waals surface area (Å²) in [6.07, 6.45) is 2.99. The van der Waals surface area contributed by atoms with Crippen LogP contribution in [-0.4, -0.2) is 52.0 Å². The molecule has 8 heteroatoms. The van der Waals surface area contributed by atoms with Crippen molar-refractivity contribution in [2.24, 2.45) is 5.92 Å². The summed E-state index contributed by atoms with van der Waals surface area (Å²) in [5, 5.41) is 2.41. The van der Waals surface area contributed by atoms with Gasteiger partial charge in [-0.15, -0.1) is 11.8 Å². The molecule has 6 nitrogen and oxygen atoms in total. The van der Waals surface area contributed by atoms with E-state index < -0.39 is 16.9 Å². The summed E-state index contributed by atoms with van der Waals surface area (Å²) in [6.45, 7) is 2.31. The second kappa shape index (κ2) is 7.39. The fourth-order valence-corrected chi connectivity index (χ4v) is 5.60. The van der Waals surface area contributed by atoms with Crippen LogP contribution in [0.2, 0.25) is 0 Å². The minimum Gasteiger partial charge on any atom is -0.324 e. The average Bonchev–Trinajstić information content (AvgIpc) is 3.24. The Morgan fingerprint density at radius 1 is 1.29 bits per heavy atom. The number of rotatable bonds is 3. The van der Waals surface area contributed by atoms with Gasteiger partial charge in [0.05, 0.1) is 0 Å². The summed E-state index contributed by atoms with van der Waals surface area (Å²) < 4.78 is 14.2. The third kappa shape index (κ3) is 3.27. The van der Waals surface area contributed by atoms with Crippen molar-refractivity contribution in [3.05, 3.63) is 35.6 Å². The molecule has 0 bridgehead atoms. The fourth-order valence-electron chi connectivity index (χ4n) is 4.30.